The lowest BCUT2D eigenvalue weighted by atomic mass is 10.3. The molecule has 0 unspecified atom stereocenters. The van der Waals surface area contributed by atoms with Crippen LogP contribution in [0.4, 0.5) is 9.59 Å². The Balaban J connectivity index is 3.73. The maximum atomic E-state index is 11.9. The summed E-state index contributed by atoms with van der Waals surface area (Å²) in [5, 5.41) is 0. The van der Waals surface area contributed by atoms with Crippen molar-refractivity contribution >= 4 is 24.2 Å². The summed E-state index contributed by atoms with van der Waals surface area (Å²) in [5.41, 5.74) is 0. The van der Waals surface area contributed by atoms with Crippen molar-refractivity contribution in [2.24, 2.45) is 0 Å². The first kappa shape index (κ1) is 40.3. The van der Waals surface area contributed by atoms with Crippen molar-refractivity contribution in [2.75, 3.05) is 79.3 Å². The van der Waals surface area contributed by atoms with Crippen LogP contribution in [0.5, 0.6) is 0 Å². The molecule has 43 heavy (non-hydrogen) atoms. The molecule has 0 fully saturated rings. The molecule has 0 N–H and O–H groups in total. The number of hydrogen-bond acceptors (Lipinski definition) is 15. The number of esters is 2. The third-order valence-corrected chi connectivity index (χ3v) is 5.46. The molecule has 4 atom stereocenters. The van der Waals surface area contributed by atoms with Gasteiger partial charge in [-0.05, 0) is 40.5 Å². The Morgan fingerprint density at radius 2 is 0.744 bits per heavy atom. The van der Waals surface area contributed by atoms with Crippen LogP contribution >= 0.6 is 0 Å². The molecule has 0 aliphatic rings. The summed E-state index contributed by atoms with van der Waals surface area (Å²) in [4.78, 5) is 47.1. The molecule has 0 spiro atoms. The normalized spacial score (nSPS) is 13.7. The van der Waals surface area contributed by atoms with Crippen LogP contribution in [0.1, 0.15) is 54.4 Å². The van der Waals surface area contributed by atoms with Crippen LogP contribution in [0, 0.1) is 0 Å². The molecule has 0 aliphatic heterocycles. The van der Waals surface area contributed by atoms with Crippen molar-refractivity contribution in [2.45, 2.75) is 78.8 Å². The zero-order valence-corrected chi connectivity index (χ0v) is 26.3. The van der Waals surface area contributed by atoms with Crippen molar-refractivity contribution in [1.29, 1.82) is 0 Å². The maximum Gasteiger partial charge on any atom is 0.509 e. The summed E-state index contributed by atoms with van der Waals surface area (Å²) >= 11 is 0. The molecule has 15 heteroatoms. The second kappa shape index (κ2) is 26.9. The number of carbonyl (C=O) groups is 4. The lowest BCUT2D eigenvalue weighted by molar-refractivity contribution is -0.156. The first-order chi connectivity index (χ1) is 20.6. The fraction of sp³-hybridized carbons (Fsp3) is 0.857. The van der Waals surface area contributed by atoms with E-state index in [1.807, 2.05) is 27.7 Å². The van der Waals surface area contributed by atoms with E-state index in [1.165, 1.54) is 13.8 Å². The van der Waals surface area contributed by atoms with E-state index in [4.69, 9.17) is 52.1 Å². The molecule has 0 aliphatic carbocycles. The Hall–Kier alpha value is -2.72. The largest absolute Gasteiger partial charge is 0.509 e. The standard InChI is InChI=1S/C28H50O15/c1-7-21(3)36-15-9-33-11-17-38-25(29)23(5)42-27(31)40-19-13-35-14-20-41-28(32)43-24(6)26(30)39-18-12-34-10-16-37-22(4)8-2/h21-24H,7-20H2,1-6H3/t21-,22-,23-,24+/m0/s1. The fourth-order valence-electron chi connectivity index (χ4n) is 2.62. The number of rotatable bonds is 26. The summed E-state index contributed by atoms with van der Waals surface area (Å²) < 4.78 is 55.9. The van der Waals surface area contributed by atoms with Crippen LogP contribution in [0.3, 0.4) is 0 Å². The molecule has 0 rings (SSSR count). The highest BCUT2D eigenvalue weighted by Gasteiger charge is 2.21. The highest BCUT2D eigenvalue weighted by Crippen LogP contribution is 2.01. The van der Waals surface area contributed by atoms with Gasteiger partial charge in [0.15, 0.2) is 12.2 Å². The molecular weight excluding hydrogens is 576 g/mol. The highest BCUT2D eigenvalue weighted by molar-refractivity contribution is 5.77. The number of carbonyl (C=O) groups excluding carboxylic acids is 4. The zero-order valence-electron chi connectivity index (χ0n) is 26.3. The second-order valence-electron chi connectivity index (χ2n) is 9.07. The Bertz CT molecular complexity index is 688. The highest BCUT2D eigenvalue weighted by atomic mass is 16.7. The Morgan fingerprint density at radius 3 is 1.07 bits per heavy atom. The van der Waals surface area contributed by atoms with Gasteiger partial charge in [-0.25, -0.2) is 19.2 Å². The molecule has 0 aromatic carbocycles. The molecule has 0 aromatic heterocycles. The minimum absolute atomic E-state index is 0.00211. The summed E-state index contributed by atoms with van der Waals surface area (Å²) in [6.07, 6.45) is -2.35. The molecule has 0 radical (unpaired) electrons. The molecular formula is C28H50O15. The predicted molar refractivity (Wildman–Crippen MR) is 150 cm³/mol. The van der Waals surface area contributed by atoms with E-state index < -0.39 is 36.5 Å². The van der Waals surface area contributed by atoms with E-state index in [2.05, 4.69) is 0 Å². The first-order valence-electron chi connectivity index (χ1n) is 14.6. The number of ether oxygens (including phenoxy) is 11. The third kappa shape index (κ3) is 24.4. The monoisotopic (exact) mass is 626 g/mol. The second-order valence-corrected chi connectivity index (χ2v) is 9.07. The van der Waals surface area contributed by atoms with Gasteiger partial charge >= 0.3 is 24.2 Å². The maximum absolute atomic E-state index is 11.9. The quantitative estimate of drug-likeness (QED) is 0.0779. The summed E-state index contributed by atoms with van der Waals surface area (Å²) in [6.45, 7) is 12.3. The van der Waals surface area contributed by atoms with Gasteiger partial charge in [-0.3, -0.25) is 0 Å². The SMILES string of the molecule is CC[C@H](C)OCCOCCOC(=O)[C@H](C)OC(=O)OCCOCCOC(=O)O[C@H](C)C(=O)OCCOCCO[C@@H](C)CC. The van der Waals surface area contributed by atoms with E-state index >= 15 is 0 Å². The molecule has 0 bridgehead atoms. The van der Waals surface area contributed by atoms with Crippen molar-refractivity contribution in [3.8, 4) is 0 Å². The minimum atomic E-state index is -1.17. The van der Waals surface area contributed by atoms with Crippen molar-refractivity contribution in [1.82, 2.24) is 0 Å². The van der Waals surface area contributed by atoms with Crippen LogP contribution in [0.25, 0.3) is 0 Å². The average Bonchev–Trinajstić information content (AvgIpc) is 2.98. The molecule has 15 nitrogen and oxygen atoms in total. The smallest absolute Gasteiger partial charge is 0.461 e. The predicted octanol–water partition coefficient (Wildman–Crippen LogP) is 2.84. The average molecular weight is 627 g/mol. The van der Waals surface area contributed by atoms with E-state index in [1.54, 1.807) is 0 Å². The molecule has 252 valence electrons. The van der Waals surface area contributed by atoms with E-state index in [9.17, 15) is 19.2 Å². The number of hydrogen-bond donors (Lipinski definition) is 0. The lowest BCUT2D eigenvalue weighted by Crippen LogP contribution is -2.28. The van der Waals surface area contributed by atoms with E-state index in [0.29, 0.717) is 26.4 Å². The summed E-state index contributed by atoms with van der Waals surface area (Å²) in [5.74, 6) is -1.49. The van der Waals surface area contributed by atoms with Gasteiger partial charge in [0.05, 0.1) is 65.1 Å². The van der Waals surface area contributed by atoms with Crippen molar-refractivity contribution in [3.05, 3.63) is 0 Å². The van der Waals surface area contributed by atoms with Crippen LogP contribution in [0.15, 0.2) is 0 Å². The van der Waals surface area contributed by atoms with Crippen LogP contribution < -0.4 is 0 Å². The van der Waals surface area contributed by atoms with Gasteiger partial charge in [0.25, 0.3) is 0 Å². The van der Waals surface area contributed by atoms with Gasteiger partial charge < -0.3 is 52.1 Å². The van der Waals surface area contributed by atoms with Gasteiger partial charge in [0.1, 0.15) is 26.4 Å². The van der Waals surface area contributed by atoms with Crippen molar-refractivity contribution < 1.29 is 71.3 Å². The Morgan fingerprint density at radius 1 is 0.442 bits per heavy atom. The molecule has 0 saturated heterocycles. The Labute approximate surface area is 253 Å². The molecule has 0 aromatic rings. The lowest BCUT2D eigenvalue weighted by Gasteiger charge is -2.14. The molecule has 0 saturated carbocycles. The topological polar surface area (TPSA) is 170 Å². The van der Waals surface area contributed by atoms with Gasteiger partial charge in [-0.2, -0.15) is 0 Å². The van der Waals surface area contributed by atoms with Crippen molar-refractivity contribution in [3.63, 3.8) is 0 Å². The van der Waals surface area contributed by atoms with Gasteiger partial charge in [-0.1, -0.05) is 13.8 Å². The van der Waals surface area contributed by atoms with Gasteiger partial charge in [0.2, 0.25) is 0 Å². The van der Waals surface area contributed by atoms with E-state index in [-0.39, 0.29) is 65.1 Å². The van der Waals surface area contributed by atoms with Crippen LogP contribution in [0.2, 0.25) is 0 Å². The zero-order chi connectivity index (χ0) is 32.3. The van der Waals surface area contributed by atoms with Crippen LogP contribution in [-0.4, -0.2) is 128 Å². The fourth-order valence-corrected chi connectivity index (χ4v) is 2.62. The molecule has 0 amide bonds. The summed E-state index contributed by atoms with van der Waals surface area (Å²) in [6, 6.07) is 0. The van der Waals surface area contributed by atoms with Crippen LogP contribution in [-0.2, 0) is 61.7 Å². The first-order valence-corrected chi connectivity index (χ1v) is 14.6. The Kier molecular flexibility index (Phi) is 25.2. The molecule has 0 heterocycles. The van der Waals surface area contributed by atoms with Gasteiger partial charge in [0, 0.05) is 0 Å². The third-order valence-electron chi connectivity index (χ3n) is 5.46. The summed E-state index contributed by atoms with van der Waals surface area (Å²) in [7, 11) is 0. The minimum Gasteiger partial charge on any atom is -0.461 e. The van der Waals surface area contributed by atoms with Gasteiger partial charge in [-0.15, -0.1) is 0 Å². The van der Waals surface area contributed by atoms with E-state index in [0.717, 1.165) is 12.8 Å².